The van der Waals surface area contributed by atoms with Crippen molar-refractivity contribution in [3.63, 3.8) is 0 Å². The number of hydrazone groups is 1. The summed E-state index contributed by atoms with van der Waals surface area (Å²) in [4.78, 5) is 23.3. The maximum Gasteiger partial charge on any atom is 0.428 e. The van der Waals surface area contributed by atoms with Gasteiger partial charge in [-0.05, 0) is 45.4 Å². The van der Waals surface area contributed by atoms with Crippen LogP contribution in [0.25, 0.3) is 0 Å². The molecule has 7 nitrogen and oxygen atoms in total. The van der Waals surface area contributed by atoms with Gasteiger partial charge in [0.1, 0.15) is 12.4 Å². The molecule has 1 rings (SSSR count). The molecule has 132 valence electrons. The lowest BCUT2D eigenvalue weighted by molar-refractivity contribution is -0.121. The molecule has 0 aromatic heterocycles. The minimum atomic E-state index is -0.679. The zero-order chi connectivity index (χ0) is 18.2. The Hall–Kier alpha value is -2.57. The van der Waals surface area contributed by atoms with E-state index in [4.69, 9.17) is 9.47 Å². The SMILES string of the molecule is COc1ccc(COC(=O)N/N=C(/C)CC(=O)NC(C)(C)C)cc1. The zero-order valence-corrected chi connectivity index (χ0v) is 14.8. The van der Waals surface area contributed by atoms with E-state index in [0.29, 0.717) is 5.71 Å². The third-order valence-corrected chi connectivity index (χ3v) is 2.80. The third-order valence-electron chi connectivity index (χ3n) is 2.80. The lowest BCUT2D eigenvalue weighted by Crippen LogP contribution is -2.41. The van der Waals surface area contributed by atoms with Gasteiger partial charge in [-0.15, -0.1) is 0 Å². The van der Waals surface area contributed by atoms with Crippen LogP contribution in [0.15, 0.2) is 29.4 Å². The van der Waals surface area contributed by atoms with E-state index < -0.39 is 6.09 Å². The first-order valence-corrected chi connectivity index (χ1v) is 7.59. The fraction of sp³-hybridized carbons (Fsp3) is 0.471. The molecule has 0 aliphatic carbocycles. The van der Waals surface area contributed by atoms with Gasteiger partial charge in [0.05, 0.1) is 13.5 Å². The molecule has 0 fully saturated rings. The number of carbonyl (C=O) groups excluding carboxylic acids is 2. The molecule has 2 amide bonds. The normalized spacial score (nSPS) is 11.6. The second kappa shape index (κ2) is 8.90. The van der Waals surface area contributed by atoms with Crippen molar-refractivity contribution in [1.82, 2.24) is 10.7 Å². The number of hydrogen-bond donors (Lipinski definition) is 2. The first kappa shape index (κ1) is 19.5. The topological polar surface area (TPSA) is 89.0 Å². The van der Waals surface area contributed by atoms with E-state index in [1.54, 1.807) is 38.3 Å². The Morgan fingerprint density at radius 1 is 1.17 bits per heavy atom. The minimum Gasteiger partial charge on any atom is -0.497 e. The van der Waals surface area contributed by atoms with Gasteiger partial charge < -0.3 is 14.8 Å². The molecule has 0 heterocycles. The largest absolute Gasteiger partial charge is 0.497 e. The molecule has 0 aliphatic rings. The van der Waals surface area contributed by atoms with Crippen molar-refractivity contribution in [3.8, 4) is 5.75 Å². The minimum absolute atomic E-state index is 0.107. The van der Waals surface area contributed by atoms with Gasteiger partial charge in [-0.2, -0.15) is 5.10 Å². The van der Waals surface area contributed by atoms with E-state index in [1.165, 1.54) is 0 Å². The van der Waals surface area contributed by atoms with E-state index in [9.17, 15) is 9.59 Å². The Labute approximate surface area is 142 Å². The monoisotopic (exact) mass is 335 g/mol. The van der Waals surface area contributed by atoms with Crippen LogP contribution in [0, 0.1) is 0 Å². The van der Waals surface area contributed by atoms with Crippen LogP contribution in [0.4, 0.5) is 4.79 Å². The first-order chi connectivity index (χ1) is 11.2. The smallest absolute Gasteiger partial charge is 0.428 e. The number of nitrogens with one attached hydrogen (secondary N) is 2. The molecular formula is C17H25N3O4. The summed E-state index contributed by atoms with van der Waals surface area (Å²) in [6.45, 7) is 7.46. The summed E-state index contributed by atoms with van der Waals surface area (Å²) in [5.41, 5.74) is 3.28. The molecule has 0 spiro atoms. The van der Waals surface area contributed by atoms with E-state index in [1.807, 2.05) is 20.8 Å². The Bertz CT molecular complexity index is 589. The number of ether oxygens (including phenoxy) is 2. The number of nitrogens with zero attached hydrogens (tertiary/aromatic N) is 1. The van der Waals surface area contributed by atoms with Crippen LogP contribution < -0.4 is 15.5 Å². The van der Waals surface area contributed by atoms with Crippen LogP contribution in [0.3, 0.4) is 0 Å². The first-order valence-electron chi connectivity index (χ1n) is 7.59. The average molecular weight is 335 g/mol. The predicted octanol–water partition coefficient (Wildman–Crippen LogP) is 2.60. The van der Waals surface area contributed by atoms with Gasteiger partial charge in [-0.3, -0.25) is 4.79 Å². The van der Waals surface area contributed by atoms with Crippen molar-refractivity contribution >= 4 is 17.7 Å². The second-order valence-corrected chi connectivity index (χ2v) is 6.36. The van der Waals surface area contributed by atoms with Gasteiger partial charge in [0.15, 0.2) is 0 Å². The van der Waals surface area contributed by atoms with Gasteiger partial charge in [-0.1, -0.05) is 12.1 Å². The highest BCUT2D eigenvalue weighted by Crippen LogP contribution is 2.11. The van der Waals surface area contributed by atoms with Gasteiger partial charge in [0, 0.05) is 11.3 Å². The lowest BCUT2D eigenvalue weighted by Gasteiger charge is -2.20. The molecule has 0 unspecified atom stereocenters. The molecule has 0 aliphatic heterocycles. The maximum atomic E-state index is 11.7. The fourth-order valence-electron chi connectivity index (χ4n) is 1.78. The van der Waals surface area contributed by atoms with Crippen LogP contribution in [-0.4, -0.2) is 30.4 Å². The van der Waals surface area contributed by atoms with Crippen molar-refractivity contribution in [2.75, 3.05) is 7.11 Å². The maximum absolute atomic E-state index is 11.7. The number of benzene rings is 1. The molecule has 2 N–H and O–H groups in total. The van der Waals surface area contributed by atoms with Crippen LogP contribution in [0.5, 0.6) is 5.75 Å². The molecule has 1 aromatic rings. The standard InChI is InChI=1S/C17H25N3O4/c1-12(10-15(21)18-17(2,3)4)19-20-16(22)24-11-13-6-8-14(23-5)9-7-13/h6-9H,10-11H2,1-5H3,(H,18,21)(H,20,22)/b19-12-. The van der Waals surface area contributed by atoms with Crippen LogP contribution in [0.2, 0.25) is 0 Å². The molecule has 7 heteroatoms. The highest BCUT2D eigenvalue weighted by atomic mass is 16.6. The van der Waals surface area contributed by atoms with Crippen molar-refractivity contribution < 1.29 is 19.1 Å². The number of rotatable bonds is 6. The second-order valence-electron chi connectivity index (χ2n) is 6.36. The summed E-state index contributed by atoms with van der Waals surface area (Å²) >= 11 is 0. The predicted molar refractivity (Wildman–Crippen MR) is 91.9 cm³/mol. The summed E-state index contributed by atoms with van der Waals surface area (Å²) in [5.74, 6) is 0.578. The summed E-state index contributed by atoms with van der Waals surface area (Å²) in [5, 5.41) is 6.66. The number of carbonyl (C=O) groups is 2. The zero-order valence-electron chi connectivity index (χ0n) is 14.8. The van der Waals surface area contributed by atoms with Crippen LogP contribution in [-0.2, 0) is 16.1 Å². The average Bonchev–Trinajstić information content (AvgIpc) is 2.49. The highest BCUT2D eigenvalue weighted by molar-refractivity contribution is 6.00. The summed E-state index contributed by atoms with van der Waals surface area (Å²) < 4.78 is 10.1. The number of amides is 2. The van der Waals surface area contributed by atoms with Crippen molar-refractivity contribution in [2.24, 2.45) is 5.10 Å². The number of methoxy groups -OCH3 is 1. The summed E-state index contributed by atoms with van der Waals surface area (Å²) in [6, 6.07) is 7.17. The molecule has 0 saturated carbocycles. The van der Waals surface area contributed by atoms with Gasteiger partial charge in [0.25, 0.3) is 0 Å². The van der Waals surface area contributed by atoms with Gasteiger partial charge >= 0.3 is 6.09 Å². The Balaban J connectivity index is 2.37. The quantitative estimate of drug-likeness (QED) is 0.618. The van der Waals surface area contributed by atoms with Crippen LogP contribution >= 0.6 is 0 Å². The number of hydrogen-bond acceptors (Lipinski definition) is 5. The van der Waals surface area contributed by atoms with Crippen molar-refractivity contribution in [2.45, 2.75) is 46.3 Å². The van der Waals surface area contributed by atoms with Gasteiger partial charge in [0.2, 0.25) is 5.91 Å². The van der Waals surface area contributed by atoms with E-state index in [2.05, 4.69) is 15.8 Å². The Kier molecular flexibility index (Phi) is 7.23. The van der Waals surface area contributed by atoms with Gasteiger partial charge in [-0.25, -0.2) is 10.2 Å². The van der Waals surface area contributed by atoms with E-state index >= 15 is 0 Å². The Morgan fingerprint density at radius 3 is 2.33 bits per heavy atom. The Morgan fingerprint density at radius 2 is 1.79 bits per heavy atom. The van der Waals surface area contributed by atoms with Crippen LogP contribution in [0.1, 0.15) is 39.7 Å². The van der Waals surface area contributed by atoms with Crippen molar-refractivity contribution in [3.05, 3.63) is 29.8 Å². The molecule has 0 radical (unpaired) electrons. The lowest BCUT2D eigenvalue weighted by atomic mass is 10.1. The molecule has 0 saturated heterocycles. The van der Waals surface area contributed by atoms with E-state index in [-0.39, 0.29) is 24.5 Å². The van der Waals surface area contributed by atoms with Crippen molar-refractivity contribution in [1.29, 1.82) is 0 Å². The van der Waals surface area contributed by atoms with E-state index in [0.717, 1.165) is 11.3 Å². The summed E-state index contributed by atoms with van der Waals surface area (Å²) in [7, 11) is 1.58. The molecule has 24 heavy (non-hydrogen) atoms. The fourth-order valence-corrected chi connectivity index (χ4v) is 1.78. The summed E-state index contributed by atoms with van der Waals surface area (Å²) in [6.07, 6.45) is -0.572. The molecular weight excluding hydrogens is 310 g/mol. The highest BCUT2D eigenvalue weighted by Gasteiger charge is 2.14. The molecule has 0 bridgehead atoms. The molecule has 1 aromatic carbocycles. The molecule has 0 atom stereocenters. The third kappa shape index (κ3) is 8.17.